The summed E-state index contributed by atoms with van der Waals surface area (Å²) in [5.41, 5.74) is -0.243. The third kappa shape index (κ3) is 5.19. The molecule has 1 rings (SSSR count). The summed E-state index contributed by atoms with van der Waals surface area (Å²) in [6.45, 7) is 7.45. The van der Waals surface area contributed by atoms with Crippen molar-refractivity contribution in [3.63, 3.8) is 0 Å². The molecule has 1 heterocycles. The lowest BCUT2D eigenvalue weighted by Gasteiger charge is -2.32. The zero-order chi connectivity index (χ0) is 15.3. The summed E-state index contributed by atoms with van der Waals surface area (Å²) in [4.78, 5) is 24.4. The summed E-state index contributed by atoms with van der Waals surface area (Å²) < 4.78 is 23.9. The zero-order valence-electron chi connectivity index (χ0n) is 12.4. The Morgan fingerprint density at radius 2 is 2.10 bits per heavy atom. The molecule has 1 aliphatic rings. The van der Waals surface area contributed by atoms with Crippen molar-refractivity contribution in [3.05, 3.63) is 11.6 Å². The van der Waals surface area contributed by atoms with E-state index in [1.54, 1.807) is 27.7 Å². The van der Waals surface area contributed by atoms with Crippen molar-refractivity contribution in [2.45, 2.75) is 45.9 Å². The van der Waals surface area contributed by atoms with Crippen molar-refractivity contribution >= 4 is 12.1 Å². The fraction of sp³-hybridized carbons (Fsp3) is 0.714. The first kappa shape index (κ1) is 16.5. The molecule has 1 fully saturated rings. The van der Waals surface area contributed by atoms with Crippen LogP contribution in [-0.4, -0.2) is 48.4 Å². The van der Waals surface area contributed by atoms with E-state index in [4.69, 9.17) is 9.47 Å². The number of hydrogen-bond donors (Lipinski definition) is 0. The molecule has 1 atom stereocenters. The first-order valence-corrected chi connectivity index (χ1v) is 6.72. The van der Waals surface area contributed by atoms with Gasteiger partial charge in [0, 0.05) is 12.6 Å². The highest BCUT2D eigenvalue weighted by Crippen LogP contribution is 2.21. The molecular weight excluding hydrogens is 265 g/mol. The molecule has 0 bridgehead atoms. The second-order valence-electron chi connectivity index (χ2n) is 5.62. The van der Waals surface area contributed by atoms with Gasteiger partial charge < -0.3 is 14.4 Å². The highest BCUT2D eigenvalue weighted by Gasteiger charge is 2.30. The molecule has 1 saturated heterocycles. The fourth-order valence-corrected chi connectivity index (χ4v) is 1.81. The number of carbonyl (C=O) groups excluding carboxylic acids is 2. The van der Waals surface area contributed by atoms with Gasteiger partial charge in [-0.3, -0.25) is 0 Å². The monoisotopic (exact) mass is 287 g/mol. The van der Waals surface area contributed by atoms with Gasteiger partial charge in [0.15, 0.2) is 0 Å². The maximum atomic E-state index is 14.0. The van der Waals surface area contributed by atoms with Gasteiger partial charge in [0.1, 0.15) is 11.8 Å². The summed E-state index contributed by atoms with van der Waals surface area (Å²) in [6.07, 6.45) is -0.407. The summed E-state index contributed by atoms with van der Waals surface area (Å²) in [6, 6.07) is 0. The predicted octanol–water partition coefficient (Wildman–Crippen LogP) is 2.45. The van der Waals surface area contributed by atoms with Crippen molar-refractivity contribution in [1.82, 2.24) is 4.90 Å². The number of alkyl halides is 1. The number of likely N-dealkylation sites (tertiary alicyclic amines) is 1. The molecule has 0 aromatic carbocycles. The van der Waals surface area contributed by atoms with Crippen molar-refractivity contribution < 1.29 is 23.5 Å². The van der Waals surface area contributed by atoms with E-state index in [1.165, 1.54) is 11.0 Å². The molecule has 0 aromatic rings. The number of hydrogen-bond acceptors (Lipinski definition) is 4. The predicted molar refractivity (Wildman–Crippen MR) is 72.0 cm³/mol. The van der Waals surface area contributed by atoms with Crippen molar-refractivity contribution in [2.24, 2.45) is 0 Å². The fourth-order valence-electron chi connectivity index (χ4n) is 1.81. The van der Waals surface area contributed by atoms with E-state index < -0.39 is 23.8 Å². The van der Waals surface area contributed by atoms with Gasteiger partial charge in [0.25, 0.3) is 0 Å². The Hall–Kier alpha value is -1.59. The number of nitrogens with zero attached hydrogens (tertiary/aromatic N) is 1. The average Bonchev–Trinajstić information content (AvgIpc) is 2.29. The van der Waals surface area contributed by atoms with Gasteiger partial charge in [0.2, 0.25) is 0 Å². The number of esters is 1. The lowest BCUT2D eigenvalue weighted by Crippen LogP contribution is -2.44. The highest BCUT2D eigenvalue weighted by molar-refractivity contribution is 5.83. The van der Waals surface area contributed by atoms with Crippen LogP contribution in [-0.2, 0) is 14.3 Å². The highest BCUT2D eigenvalue weighted by atomic mass is 19.1. The normalized spacial score (nSPS) is 21.8. The minimum absolute atomic E-state index is 0.0971. The Balaban J connectivity index is 2.59. The van der Waals surface area contributed by atoms with E-state index >= 15 is 0 Å². The molecule has 114 valence electrons. The van der Waals surface area contributed by atoms with Crippen LogP contribution in [0.15, 0.2) is 11.6 Å². The number of halogens is 1. The van der Waals surface area contributed by atoms with Gasteiger partial charge in [-0.15, -0.1) is 0 Å². The van der Waals surface area contributed by atoms with Crippen LogP contribution in [0.4, 0.5) is 9.18 Å². The van der Waals surface area contributed by atoms with Crippen molar-refractivity contribution in [2.75, 3.05) is 19.7 Å². The molecule has 20 heavy (non-hydrogen) atoms. The lowest BCUT2D eigenvalue weighted by molar-refractivity contribution is -0.137. The van der Waals surface area contributed by atoms with E-state index in [0.717, 1.165) is 0 Å². The topological polar surface area (TPSA) is 55.8 Å². The zero-order valence-corrected chi connectivity index (χ0v) is 12.4. The molecular formula is C14H22FNO4. The van der Waals surface area contributed by atoms with Crippen LogP contribution in [0.25, 0.3) is 0 Å². The maximum absolute atomic E-state index is 14.0. The van der Waals surface area contributed by atoms with Gasteiger partial charge in [-0.2, -0.15) is 0 Å². The standard InChI is InChI=1S/C14H22FNO4/c1-5-19-12(17)8-10-6-7-16(9-11(10)15)13(18)20-14(2,3)4/h8,11H,5-7,9H2,1-4H3/b10-8-. The van der Waals surface area contributed by atoms with Gasteiger partial charge in [-0.1, -0.05) is 0 Å². The molecule has 0 aliphatic carbocycles. The summed E-state index contributed by atoms with van der Waals surface area (Å²) >= 11 is 0. The van der Waals surface area contributed by atoms with Gasteiger partial charge in [-0.05, 0) is 39.7 Å². The number of amides is 1. The van der Waals surface area contributed by atoms with Gasteiger partial charge >= 0.3 is 12.1 Å². The van der Waals surface area contributed by atoms with E-state index in [0.29, 0.717) is 18.5 Å². The van der Waals surface area contributed by atoms with Gasteiger partial charge in [-0.25, -0.2) is 14.0 Å². The quantitative estimate of drug-likeness (QED) is 0.578. The van der Waals surface area contributed by atoms with Crippen LogP contribution in [0.5, 0.6) is 0 Å². The van der Waals surface area contributed by atoms with Gasteiger partial charge in [0.05, 0.1) is 13.2 Å². The number of ether oxygens (including phenoxy) is 2. The molecule has 0 N–H and O–H groups in total. The van der Waals surface area contributed by atoms with Crippen LogP contribution < -0.4 is 0 Å². The molecule has 1 aliphatic heterocycles. The molecule has 6 heteroatoms. The Kier molecular flexibility index (Phi) is 5.53. The molecule has 0 aromatic heterocycles. The van der Waals surface area contributed by atoms with Crippen molar-refractivity contribution in [3.8, 4) is 0 Å². The molecule has 0 radical (unpaired) electrons. The van der Waals surface area contributed by atoms with Crippen LogP contribution in [0.1, 0.15) is 34.1 Å². The molecule has 1 amide bonds. The molecule has 1 unspecified atom stereocenters. The van der Waals surface area contributed by atoms with E-state index in [9.17, 15) is 14.0 Å². The number of piperidine rings is 1. The summed E-state index contributed by atoms with van der Waals surface area (Å²) in [5.74, 6) is -0.545. The summed E-state index contributed by atoms with van der Waals surface area (Å²) in [5, 5.41) is 0. The van der Waals surface area contributed by atoms with Crippen LogP contribution in [0.2, 0.25) is 0 Å². The van der Waals surface area contributed by atoms with E-state index in [2.05, 4.69) is 0 Å². The molecule has 0 spiro atoms. The smallest absolute Gasteiger partial charge is 0.410 e. The van der Waals surface area contributed by atoms with Crippen LogP contribution >= 0.6 is 0 Å². The Morgan fingerprint density at radius 1 is 1.45 bits per heavy atom. The van der Waals surface area contributed by atoms with E-state index in [1.807, 2.05) is 0 Å². The molecule has 5 nitrogen and oxygen atoms in total. The Labute approximate surface area is 118 Å². The average molecular weight is 287 g/mol. The van der Waals surface area contributed by atoms with Crippen LogP contribution in [0.3, 0.4) is 0 Å². The lowest BCUT2D eigenvalue weighted by atomic mass is 10.0. The van der Waals surface area contributed by atoms with Crippen molar-refractivity contribution in [1.29, 1.82) is 0 Å². The Morgan fingerprint density at radius 3 is 2.60 bits per heavy atom. The minimum Gasteiger partial charge on any atom is -0.463 e. The molecule has 0 saturated carbocycles. The third-order valence-electron chi connectivity index (χ3n) is 2.69. The summed E-state index contributed by atoms with van der Waals surface area (Å²) in [7, 11) is 0. The largest absolute Gasteiger partial charge is 0.463 e. The van der Waals surface area contributed by atoms with E-state index in [-0.39, 0.29) is 13.2 Å². The first-order valence-electron chi connectivity index (χ1n) is 6.72. The first-order chi connectivity index (χ1) is 9.23. The Bertz CT molecular complexity index is 400. The van der Waals surface area contributed by atoms with Crippen LogP contribution in [0, 0.1) is 0 Å². The second kappa shape index (κ2) is 6.72. The maximum Gasteiger partial charge on any atom is 0.410 e. The minimum atomic E-state index is -1.36. The SMILES string of the molecule is CCOC(=O)/C=C1/CCN(C(=O)OC(C)(C)C)CC1F. The number of carbonyl (C=O) groups is 2. The number of rotatable bonds is 2. The second-order valence-corrected chi connectivity index (χ2v) is 5.62. The third-order valence-corrected chi connectivity index (χ3v) is 2.69.